The van der Waals surface area contributed by atoms with Crippen LogP contribution in [-0.2, 0) is 4.79 Å². The Kier molecular flexibility index (Phi) is 4.10. The minimum Gasteiger partial charge on any atom is -0.508 e. The lowest BCUT2D eigenvalue weighted by molar-refractivity contribution is -0.130. The van der Waals surface area contributed by atoms with Gasteiger partial charge in [0.15, 0.2) is 0 Å². The van der Waals surface area contributed by atoms with Crippen LogP contribution < -0.4 is 0 Å². The maximum atomic E-state index is 11.4. The zero-order chi connectivity index (χ0) is 14.7. The molecular formula is C15H11BrO4. The molecule has 0 bridgehead atoms. The third-order valence-electron chi connectivity index (χ3n) is 2.70. The van der Waals surface area contributed by atoms with Gasteiger partial charge in [-0.3, -0.25) is 0 Å². The summed E-state index contributed by atoms with van der Waals surface area (Å²) >= 11 is 3.28. The minimum absolute atomic E-state index is 0.0542. The number of phenols is 2. The lowest BCUT2D eigenvalue weighted by Gasteiger charge is -2.05. The van der Waals surface area contributed by atoms with Crippen LogP contribution in [0.3, 0.4) is 0 Å². The third kappa shape index (κ3) is 3.19. The maximum Gasteiger partial charge on any atom is 0.336 e. The van der Waals surface area contributed by atoms with E-state index in [-0.39, 0.29) is 17.1 Å². The second-order valence-electron chi connectivity index (χ2n) is 4.11. The van der Waals surface area contributed by atoms with E-state index < -0.39 is 5.97 Å². The Labute approximate surface area is 123 Å². The van der Waals surface area contributed by atoms with Gasteiger partial charge in [0.05, 0.1) is 5.57 Å². The van der Waals surface area contributed by atoms with E-state index in [4.69, 9.17) is 0 Å². The van der Waals surface area contributed by atoms with Crippen molar-refractivity contribution in [2.75, 3.05) is 0 Å². The second kappa shape index (κ2) is 5.79. The molecule has 2 rings (SSSR count). The van der Waals surface area contributed by atoms with Crippen molar-refractivity contribution in [2.45, 2.75) is 0 Å². The van der Waals surface area contributed by atoms with E-state index in [1.807, 2.05) is 0 Å². The van der Waals surface area contributed by atoms with Crippen molar-refractivity contribution in [3.05, 3.63) is 58.1 Å². The van der Waals surface area contributed by atoms with Gasteiger partial charge in [-0.1, -0.05) is 28.1 Å². The predicted octanol–water partition coefficient (Wildman–Crippen LogP) is 3.49. The van der Waals surface area contributed by atoms with E-state index in [9.17, 15) is 20.1 Å². The Balaban J connectivity index is 2.50. The summed E-state index contributed by atoms with van der Waals surface area (Å²) in [5.41, 5.74) is 0.898. The molecule has 0 aliphatic carbocycles. The van der Waals surface area contributed by atoms with E-state index in [1.165, 1.54) is 18.2 Å². The summed E-state index contributed by atoms with van der Waals surface area (Å²) in [7, 11) is 0. The number of carboxylic acids is 1. The molecule has 0 atom stereocenters. The molecule has 2 aromatic rings. The molecule has 0 unspecified atom stereocenters. The van der Waals surface area contributed by atoms with Crippen molar-refractivity contribution in [2.24, 2.45) is 0 Å². The van der Waals surface area contributed by atoms with Crippen LogP contribution in [0.15, 0.2) is 46.9 Å². The maximum absolute atomic E-state index is 11.4. The summed E-state index contributed by atoms with van der Waals surface area (Å²) in [4.78, 5) is 11.4. The van der Waals surface area contributed by atoms with Gasteiger partial charge in [0.1, 0.15) is 11.5 Å². The number of hydrogen-bond donors (Lipinski definition) is 3. The molecule has 5 heteroatoms. The largest absolute Gasteiger partial charge is 0.508 e. The van der Waals surface area contributed by atoms with E-state index in [2.05, 4.69) is 15.9 Å². The van der Waals surface area contributed by atoms with Crippen LogP contribution >= 0.6 is 15.9 Å². The number of hydrogen-bond acceptors (Lipinski definition) is 3. The Morgan fingerprint density at radius 2 is 1.70 bits per heavy atom. The fourth-order valence-electron chi connectivity index (χ4n) is 1.71. The molecular weight excluding hydrogens is 324 g/mol. The van der Waals surface area contributed by atoms with Crippen LogP contribution in [0.5, 0.6) is 11.5 Å². The summed E-state index contributed by atoms with van der Waals surface area (Å²) in [5.74, 6) is -1.36. The van der Waals surface area contributed by atoms with E-state index >= 15 is 0 Å². The number of carboxylic acid groups (broad SMARTS) is 1. The van der Waals surface area contributed by atoms with Crippen LogP contribution in [0, 0.1) is 0 Å². The lowest BCUT2D eigenvalue weighted by atomic mass is 10.0. The fraction of sp³-hybridized carbons (Fsp3) is 0. The number of rotatable bonds is 3. The lowest BCUT2D eigenvalue weighted by Crippen LogP contribution is -1.99. The Bertz CT molecular complexity index is 675. The first kappa shape index (κ1) is 14.1. The van der Waals surface area contributed by atoms with Crippen molar-refractivity contribution in [1.82, 2.24) is 0 Å². The average molecular weight is 335 g/mol. The van der Waals surface area contributed by atoms with Gasteiger partial charge in [-0.2, -0.15) is 0 Å². The van der Waals surface area contributed by atoms with Crippen molar-refractivity contribution in [3.8, 4) is 11.5 Å². The molecule has 4 nitrogen and oxygen atoms in total. The molecule has 0 aromatic heterocycles. The predicted molar refractivity (Wildman–Crippen MR) is 79.4 cm³/mol. The summed E-state index contributed by atoms with van der Waals surface area (Å²) < 4.78 is 0.846. The quantitative estimate of drug-likeness (QED) is 0.593. The first-order valence-electron chi connectivity index (χ1n) is 5.70. The summed E-state index contributed by atoms with van der Waals surface area (Å²) in [6.07, 6.45) is 1.36. The molecule has 0 amide bonds. The topological polar surface area (TPSA) is 77.8 Å². The molecule has 20 heavy (non-hydrogen) atoms. The van der Waals surface area contributed by atoms with Crippen LogP contribution in [-0.4, -0.2) is 21.3 Å². The van der Waals surface area contributed by atoms with Crippen LogP contribution in [0.25, 0.3) is 11.6 Å². The van der Waals surface area contributed by atoms with Gasteiger partial charge in [-0.15, -0.1) is 0 Å². The Morgan fingerprint density at radius 1 is 1.05 bits per heavy atom. The highest BCUT2D eigenvalue weighted by Crippen LogP contribution is 2.27. The summed E-state index contributed by atoms with van der Waals surface area (Å²) in [5, 5.41) is 28.2. The highest BCUT2D eigenvalue weighted by molar-refractivity contribution is 9.10. The number of aromatic hydroxyl groups is 2. The van der Waals surface area contributed by atoms with Gasteiger partial charge < -0.3 is 15.3 Å². The smallest absolute Gasteiger partial charge is 0.336 e. The number of halogens is 1. The van der Waals surface area contributed by atoms with Gasteiger partial charge >= 0.3 is 5.97 Å². The number of aliphatic carboxylic acids is 1. The second-order valence-corrected chi connectivity index (χ2v) is 5.03. The SMILES string of the molecule is O=C(O)/C(=C\c1ccc(O)cc1O)c1ccc(Br)cc1. The molecule has 0 fully saturated rings. The average Bonchev–Trinajstić information content (AvgIpc) is 2.39. The fourth-order valence-corrected chi connectivity index (χ4v) is 1.97. The van der Waals surface area contributed by atoms with Crippen molar-refractivity contribution in [3.63, 3.8) is 0 Å². The van der Waals surface area contributed by atoms with Gasteiger partial charge in [-0.25, -0.2) is 4.79 Å². The number of phenolic OH excluding ortho intramolecular Hbond substituents is 2. The first-order valence-corrected chi connectivity index (χ1v) is 6.49. The van der Waals surface area contributed by atoms with Crippen molar-refractivity contribution in [1.29, 1.82) is 0 Å². The molecule has 0 radical (unpaired) electrons. The zero-order valence-corrected chi connectivity index (χ0v) is 11.8. The van der Waals surface area contributed by atoms with E-state index in [0.717, 1.165) is 10.5 Å². The highest BCUT2D eigenvalue weighted by Gasteiger charge is 2.12. The van der Waals surface area contributed by atoms with E-state index in [1.54, 1.807) is 24.3 Å². The first-order chi connectivity index (χ1) is 9.47. The Morgan fingerprint density at radius 3 is 2.25 bits per heavy atom. The summed E-state index contributed by atoms with van der Waals surface area (Å²) in [6.45, 7) is 0. The normalized spacial score (nSPS) is 11.3. The highest BCUT2D eigenvalue weighted by atomic mass is 79.9. The van der Waals surface area contributed by atoms with Crippen LogP contribution in [0.2, 0.25) is 0 Å². The number of carbonyl (C=O) groups is 1. The van der Waals surface area contributed by atoms with Gasteiger partial charge in [0.2, 0.25) is 0 Å². The van der Waals surface area contributed by atoms with Gasteiger partial charge in [0.25, 0.3) is 0 Å². The standard InChI is InChI=1S/C15H11BrO4/c16-11-4-1-9(2-5-11)13(15(19)20)7-10-3-6-12(17)8-14(10)18/h1-8,17-18H,(H,19,20)/b13-7-. The number of benzene rings is 2. The van der Waals surface area contributed by atoms with Crippen LogP contribution in [0.4, 0.5) is 0 Å². The molecule has 0 saturated heterocycles. The molecule has 0 spiro atoms. The van der Waals surface area contributed by atoms with Crippen molar-refractivity contribution >= 4 is 33.5 Å². The van der Waals surface area contributed by atoms with E-state index in [0.29, 0.717) is 11.1 Å². The summed E-state index contributed by atoms with van der Waals surface area (Å²) in [6, 6.07) is 10.8. The van der Waals surface area contributed by atoms with Gasteiger partial charge in [-0.05, 0) is 35.9 Å². The molecule has 3 N–H and O–H groups in total. The van der Waals surface area contributed by atoms with Gasteiger partial charge in [0, 0.05) is 16.1 Å². The van der Waals surface area contributed by atoms with Crippen molar-refractivity contribution < 1.29 is 20.1 Å². The molecule has 0 heterocycles. The Hall–Kier alpha value is -2.27. The molecule has 0 aliphatic rings. The minimum atomic E-state index is -1.10. The molecule has 0 saturated carbocycles. The van der Waals surface area contributed by atoms with Crippen LogP contribution in [0.1, 0.15) is 11.1 Å². The monoisotopic (exact) mass is 334 g/mol. The molecule has 0 aliphatic heterocycles. The zero-order valence-electron chi connectivity index (χ0n) is 10.2. The molecule has 102 valence electrons. The molecule has 2 aromatic carbocycles. The third-order valence-corrected chi connectivity index (χ3v) is 3.23.